The van der Waals surface area contributed by atoms with Crippen LogP contribution in [0, 0.1) is 5.82 Å². The van der Waals surface area contributed by atoms with E-state index in [-0.39, 0.29) is 11.7 Å². The van der Waals surface area contributed by atoms with Crippen LogP contribution < -0.4 is 10.1 Å². The number of hydrogen-bond acceptors (Lipinski definition) is 3. The summed E-state index contributed by atoms with van der Waals surface area (Å²) < 4.78 is 20.9. The van der Waals surface area contributed by atoms with E-state index >= 15 is 0 Å². The lowest BCUT2D eigenvalue weighted by atomic mass is 10.0. The van der Waals surface area contributed by atoms with Crippen LogP contribution in [0.4, 0.5) is 4.39 Å². The summed E-state index contributed by atoms with van der Waals surface area (Å²) in [6.07, 6.45) is 3.43. The first-order chi connectivity index (χ1) is 12.6. The van der Waals surface area contributed by atoms with Crippen LogP contribution in [0.25, 0.3) is 0 Å². The van der Waals surface area contributed by atoms with E-state index in [1.165, 1.54) is 12.1 Å². The van der Waals surface area contributed by atoms with E-state index < -0.39 is 6.04 Å². The maximum atomic E-state index is 13.7. The Morgan fingerprint density at radius 3 is 2.65 bits per heavy atom. The van der Waals surface area contributed by atoms with E-state index in [1.54, 1.807) is 53.4 Å². The lowest BCUT2D eigenvalue weighted by Gasteiger charge is -2.19. The molecule has 0 aliphatic carbocycles. The summed E-state index contributed by atoms with van der Waals surface area (Å²) in [5, 5.41) is 2.94. The van der Waals surface area contributed by atoms with E-state index in [2.05, 4.69) is 10.3 Å². The van der Waals surface area contributed by atoms with Crippen molar-refractivity contribution < 1.29 is 13.9 Å². The van der Waals surface area contributed by atoms with Crippen LogP contribution in [0.1, 0.15) is 34.7 Å². The van der Waals surface area contributed by atoms with Crippen molar-refractivity contribution in [2.45, 2.75) is 13.0 Å². The number of rotatable bonds is 6. The third-order valence-corrected chi connectivity index (χ3v) is 4.00. The van der Waals surface area contributed by atoms with Gasteiger partial charge in [-0.05, 0) is 48.9 Å². The molecule has 2 aromatic carbocycles. The lowest BCUT2D eigenvalue weighted by molar-refractivity contribution is 0.0941. The maximum absolute atomic E-state index is 13.7. The molecule has 1 unspecified atom stereocenters. The number of carbonyl (C=O) groups excluding carboxylic acids is 1. The zero-order chi connectivity index (χ0) is 18.5. The summed E-state index contributed by atoms with van der Waals surface area (Å²) in [4.78, 5) is 17.0. The smallest absolute Gasteiger partial charge is 0.252 e. The minimum Gasteiger partial charge on any atom is -0.494 e. The number of aromatic nitrogens is 2. The number of hydrogen-bond donors (Lipinski definition) is 1. The van der Waals surface area contributed by atoms with Crippen molar-refractivity contribution in [3.63, 3.8) is 0 Å². The highest BCUT2D eigenvalue weighted by molar-refractivity contribution is 5.94. The van der Waals surface area contributed by atoms with Crippen LogP contribution >= 0.6 is 0 Å². The monoisotopic (exact) mass is 353 g/mol. The van der Waals surface area contributed by atoms with Crippen molar-refractivity contribution in [3.8, 4) is 5.75 Å². The fourth-order valence-corrected chi connectivity index (χ4v) is 2.72. The molecule has 5 nitrogen and oxygen atoms in total. The highest BCUT2D eigenvalue weighted by atomic mass is 19.1. The van der Waals surface area contributed by atoms with E-state index in [9.17, 15) is 9.18 Å². The molecule has 1 N–H and O–H groups in total. The zero-order valence-electron chi connectivity index (χ0n) is 14.6. The number of nitrogens with zero attached hydrogens (tertiary/aromatic N) is 2. The predicted octanol–water partition coefficient (Wildman–Crippen LogP) is 3.48. The van der Waals surface area contributed by atoms with E-state index in [0.717, 1.165) is 0 Å². The average molecular weight is 353 g/mol. The summed E-state index contributed by atoms with van der Waals surface area (Å²) in [7, 11) is 1.83. The fraction of sp³-hybridized carbons (Fsp3) is 0.200. The summed E-state index contributed by atoms with van der Waals surface area (Å²) in [5.41, 5.74) is 1.11. The third-order valence-electron chi connectivity index (χ3n) is 4.00. The van der Waals surface area contributed by atoms with Gasteiger partial charge in [0.05, 0.1) is 6.61 Å². The minimum atomic E-state index is -0.565. The van der Waals surface area contributed by atoms with Crippen molar-refractivity contribution in [3.05, 3.63) is 83.7 Å². The van der Waals surface area contributed by atoms with E-state index in [0.29, 0.717) is 29.3 Å². The number of nitrogens with one attached hydrogen (secondary N) is 1. The Morgan fingerprint density at radius 2 is 2.04 bits per heavy atom. The van der Waals surface area contributed by atoms with Crippen molar-refractivity contribution in [2.24, 2.45) is 7.05 Å². The van der Waals surface area contributed by atoms with Gasteiger partial charge in [-0.15, -0.1) is 0 Å². The minimum absolute atomic E-state index is 0.273. The molecular formula is C20H20FN3O2. The molecule has 1 heterocycles. The van der Waals surface area contributed by atoms with Crippen molar-refractivity contribution in [2.75, 3.05) is 6.61 Å². The first kappa shape index (κ1) is 17.7. The van der Waals surface area contributed by atoms with Crippen LogP contribution in [-0.2, 0) is 7.05 Å². The van der Waals surface area contributed by atoms with Crippen LogP contribution in [0.15, 0.2) is 60.9 Å². The van der Waals surface area contributed by atoms with Crippen molar-refractivity contribution >= 4 is 5.91 Å². The summed E-state index contributed by atoms with van der Waals surface area (Å²) in [6.45, 7) is 2.46. The quantitative estimate of drug-likeness (QED) is 0.738. The largest absolute Gasteiger partial charge is 0.494 e. The van der Waals surface area contributed by atoms with Gasteiger partial charge in [0.1, 0.15) is 23.4 Å². The van der Waals surface area contributed by atoms with Gasteiger partial charge >= 0.3 is 0 Å². The molecule has 3 rings (SSSR count). The first-order valence-corrected chi connectivity index (χ1v) is 8.35. The van der Waals surface area contributed by atoms with Gasteiger partial charge in [-0.3, -0.25) is 4.79 Å². The molecule has 0 fully saturated rings. The molecule has 0 spiro atoms. The number of halogens is 1. The van der Waals surface area contributed by atoms with Gasteiger partial charge in [0.2, 0.25) is 0 Å². The average Bonchev–Trinajstić information content (AvgIpc) is 3.06. The Hall–Kier alpha value is -3.15. The van der Waals surface area contributed by atoms with Crippen LogP contribution in [-0.4, -0.2) is 22.1 Å². The Morgan fingerprint density at radius 1 is 1.27 bits per heavy atom. The second-order valence-electron chi connectivity index (χ2n) is 5.82. The van der Waals surface area contributed by atoms with E-state index in [1.807, 2.05) is 14.0 Å². The number of carbonyl (C=O) groups is 1. The molecule has 1 amide bonds. The number of amides is 1. The van der Waals surface area contributed by atoms with Gasteiger partial charge in [-0.1, -0.05) is 12.1 Å². The third kappa shape index (κ3) is 3.91. The summed E-state index contributed by atoms with van der Waals surface area (Å²) in [6, 6.07) is 12.5. The Balaban J connectivity index is 1.88. The molecule has 1 aromatic heterocycles. The van der Waals surface area contributed by atoms with Gasteiger partial charge in [0, 0.05) is 25.0 Å². The predicted molar refractivity (Wildman–Crippen MR) is 96.5 cm³/mol. The highest BCUT2D eigenvalue weighted by Crippen LogP contribution is 2.22. The number of imidazole rings is 1. The second kappa shape index (κ2) is 7.82. The van der Waals surface area contributed by atoms with Gasteiger partial charge in [0.25, 0.3) is 5.91 Å². The van der Waals surface area contributed by atoms with Gasteiger partial charge in [-0.25, -0.2) is 9.37 Å². The molecule has 1 atom stereocenters. The molecule has 6 heteroatoms. The van der Waals surface area contributed by atoms with Crippen LogP contribution in [0.3, 0.4) is 0 Å². The number of ether oxygens (including phenoxy) is 1. The standard InChI is InChI=1S/C20H20FN3O2/c1-3-26-17-9-7-14(8-10-17)20(25)23-18(19-22-11-12-24(19)2)15-5-4-6-16(21)13-15/h4-13,18H,3H2,1-2H3,(H,23,25). The Bertz CT molecular complexity index is 890. The summed E-state index contributed by atoms with van der Waals surface area (Å²) >= 11 is 0. The molecule has 0 radical (unpaired) electrons. The van der Waals surface area contributed by atoms with Gasteiger partial charge in [-0.2, -0.15) is 0 Å². The normalized spacial score (nSPS) is 11.8. The number of aryl methyl sites for hydroxylation is 1. The molecule has 0 bridgehead atoms. The molecule has 3 aromatic rings. The Kier molecular flexibility index (Phi) is 5.31. The zero-order valence-corrected chi connectivity index (χ0v) is 14.6. The lowest BCUT2D eigenvalue weighted by Crippen LogP contribution is -2.31. The molecule has 0 aliphatic rings. The van der Waals surface area contributed by atoms with Gasteiger partial charge < -0.3 is 14.6 Å². The topological polar surface area (TPSA) is 56.1 Å². The maximum Gasteiger partial charge on any atom is 0.252 e. The summed E-state index contributed by atoms with van der Waals surface area (Å²) in [5.74, 6) is 0.687. The van der Waals surface area contributed by atoms with E-state index in [4.69, 9.17) is 4.74 Å². The molecule has 0 saturated heterocycles. The molecule has 0 aliphatic heterocycles. The molecule has 134 valence electrons. The second-order valence-corrected chi connectivity index (χ2v) is 5.82. The van der Waals surface area contributed by atoms with Crippen molar-refractivity contribution in [1.29, 1.82) is 0 Å². The first-order valence-electron chi connectivity index (χ1n) is 8.35. The SMILES string of the molecule is CCOc1ccc(C(=O)NC(c2cccc(F)c2)c2nccn2C)cc1. The van der Waals surface area contributed by atoms with Gasteiger partial charge in [0.15, 0.2) is 0 Å². The molecular weight excluding hydrogens is 333 g/mol. The van der Waals surface area contributed by atoms with Crippen LogP contribution in [0.5, 0.6) is 5.75 Å². The van der Waals surface area contributed by atoms with Crippen molar-refractivity contribution in [1.82, 2.24) is 14.9 Å². The number of benzene rings is 2. The van der Waals surface area contributed by atoms with Crippen LogP contribution in [0.2, 0.25) is 0 Å². The molecule has 0 saturated carbocycles. The molecule has 26 heavy (non-hydrogen) atoms. The fourth-order valence-electron chi connectivity index (χ4n) is 2.72. The highest BCUT2D eigenvalue weighted by Gasteiger charge is 2.22. The Labute approximate surface area is 151 Å².